The molecular weight excluding hydrogens is 339 g/mol. The molecule has 0 aliphatic carbocycles. The first-order valence-electron chi connectivity index (χ1n) is 7.63. The number of pyridine rings is 2. The van der Waals surface area contributed by atoms with Gasteiger partial charge < -0.3 is 4.40 Å². The number of rotatable bonds is 4. The van der Waals surface area contributed by atoms with E-state index >= 15 is 0 Å². The summed E-state index contributed by atoms with van der Waals surface area (Å²) in [4.78, 5) is 25.1. The Bertz CT molecular complexity index is 1070. The van der Waals surface area contributed by atoms with Gasteiger partial charge in [0.25, 0.3) is 0 Å². The number of halogens is 1. The van der Waals surface area contributed by atoms with Crippen LogP contribution in [0.2, 0.25) is 0 Å². The monoisotopic (exact) mass is 352 g/mol. The van der Waals surface area contributed by atoms with Gasteiger partial charge in [-0.1, -0.05) is 0 Å². The third-order valence-corrected chi connectivity index (χ3v) is 4.79. The SMILES string of the molecule is Cc1csc(CC(=O)c2cc(-c3ccc(F)nc3)cn3ccnc23)n1. The van der Waals surface area contributed by atoms with Crippen molar-refractivity contribution in [1.82, 2.24) is 19.4 Å². The van der Waals surface area contributed by atoms with E-state index in [1.54, 1.807) is 28.9 Å². The van der Waals surface area contributed by atoms with Gasteiger partial charge in [0.2, 0.25) is 5.95 Å². The molecule has 124 valence electrons. The second kappa shape index (κ2) is 6.18. The molecule has 4 aromatic rings. The molecular formula is C18H13FN4OS. The molecule has 4 aromatic heterocycles. The Labute approximate surface area is 146 Å². The van der Waals surface area contributed by atoms with Gasteiger partial charge in [-0.15, -0.1) is 11.3 Å². The Kier molecular flexibility index (Phi) is 3.85. The zero-order valence-corrected chi connectivity index (χ0v) is 14.1. The zero-order valence-electron chi connectivity index (χ0n) is 13.3. The molecule has 0 aliphatic heterocycles. The number of hydrogen-bond acceptors (Lipinski definition) is 5. The normalized spacial score (nSPS) is 11.1. The van der Waals surface area contributed by atoms with E-state index in [1.165, 1.54) is 23.6 Å². The van der Waals surface area contributed by atoms with Gasteiger partial charge in [0.05, 0.1) is 12.0 Å². The van der Waals surface area contributed by atoms with Crippen molar-refractivity contribution in [2.24, 2.45) is 0 Å². The van der Waals surface area contributed by atoms with Gasteiger partial charge in [-0.25, -0.2) is 15.0 Å². The molecule has 4 rings (SSSR count). The van der Waals surface area contributed by atoms with E-state index in [0.29, 0.717) is 11.2 Å². The second-order valence-corrected chi connectivity index (χ2v) is 6.60. The lowest BCUT2D eigenvalue weighted by molar-refractivity contribution is 0.0994. The minimum atomic E-state index is -0.539. The van der Waals surface area contributed by atoms with Crippen molar-refractivity contribution in [3.05, 3.63) is 70.6 Å². The van der Waals surface area contributed by atoms with Gasteiger partial charge in [-0.05, 0) is 25.1 Å². The Morgan fingerprint density at radius 2 is 2.16 bits per heavy atom. The smallest absolute Gasteiger partial charge is 0.212 e. The fraction of sp³-hybridized carbons (Fsp3) is 0.111. The van der Waals surface area contributed by atoms with Crippen molar-refractivity contribution in [3.63, 3.8) is 0 Å². The predicted molar refractivity (Wildman–Crippen MR) is 93.3 cm³/mol. The van der Waals surface area contributed by atoms with Crippen LogP contribution in [0.15, 0.2) is 48.4 Å². The minimum Gasteiger partial charge on any atom is -0.306 e. The van der Waals surface area contributed by atoms with E-state index < -0.39 is 5.95 Å². The summed E-state index contributed by atoms with van der Waals surface area (Å²) in [6.07, 6.45) is 6.95. The summed E-state index contributed by atoms with van der Waals surface area (Å²) in [6.45, 7) is 1.90. The lowest BCUT2D eigenvalue weighted by Gasteiger charge is -2.07. The summed E-state index contributed by atoms with van der Waals surface area (Å²) in [5.74, 6) is -0.592. The van der Waals surface area contributed by atoms with E-state index in [2.05, 4.69) is 15.0 Å². The standard InChI is InChI=1S/C18H13FN4OS/c1-11-10-25-17(22-11)7-15(24)14-6-13(9-23-5-4-20-18(14)23)12-2-3-16(19)21-8-12/h2-6,8-10H,7H2,1H3. The van der Waals surface area contributed by atoms with Gasteiger partial charge in [-0.3, -0.25) is 4.79 Å². The number of nitrogens with zero attached hydrogens (tertiary/aromatic N) is 4. The Balaban J connectivity index is 1.78. The van der Waals surface area contributed by atoms with Crippen LogP contribution in [-0.2, 0) is 6.42 Å². The van der Waals surface area contributed by atoms with Gasteiger partial charge in [0, 0.05) is 47.0 Å². The molecule has 0 unspecified atom stereocenters. The third kappa shape index (κ3) is 3.06. The quantitative estimate of drug-likeness (QED) is 0.415. The molecule has 0 atom stereocenters. The lowest BCUT2D eigenvalue weighted by atomic mass is 10.0. The van der Waals surface area contributed by atoms with Crippen molar-refractivity contribution in [2.75, 3.05) is 0 Å². The molecule has 5 nitrogen and oxygen atoms in total. The fourth-order valence-electron chi connectivity index (χ4n) is 2.66. The van der Waals surface area contributed by atoms with E-state index in [4.69, 9.17) is 0 Å². The first-order valence-corrected chi connectivity index (χ1v) is 8.51. The van der Waals surface area contributed by atoms with Crippen LogP contribution >= 0.6 is 11.3 Å². The van der Waals surface area contributed by atoms with Gasteiger partial charge in [-0.2, -0.15) is 4.39 Å². The van der Waals surface area contributed by atoms with Crippen LogP contribution in [-0.4, -0.2) is 25.1 Å². The molecule has 0 aromatic carbocycles. The summed E-state index contributed by atoms with van der Waals surface area (Å²) in [6, 6.07) is 4.71. The zero-order chi connectivity index (χ0) is 17.4. The maximum absolute atomic E-state index is 13.1. The average molecular weight is 352 g/mol. The average Bonchev–Trinajstić information content (AvgIpc) is 3.23. The Morgan fingerprint density at radius 3 is 2.88 bits per heavy atom. The molecule has 0 N–H and O–H groups in total. The molecule has 0 aliphatic rings. The van der Waals surface area contributed by atoms with Crippen LogP contribution in [0.1, 0.15) is 21.1 Å². The molecule has 0 radical (unpaired) electrons. The maximum Gasteiger partial charge on any atom is 0.212 e. The molecule has 0 bridgehead atoms. The largest absolute Gasteiger partial charge is 0.306 e. The van der Waals surface area contributed by atoms with Crippen molar-refractivity contribution >= 4 is 22.8 Å². The molecule has 0 fully saturated rings. The topological polar surface area (TPSA) is 60.2 Å². The molecule has 0 amide bonds. The van der Waals surface area contributed by atoms with Crippen molar-refractivity contribution < 1.29 is 9.18 Å². The van der Waals surface area contributed by atoms with Crippen LogP contribution < -0.4 is 0 Å². The molecule has 0 saturated heterocycles. The van der Waals surface area contributed by atoms with Crippen molar-refractivity contribution in [3.8, 4) is 11.1 Å². The maximum atomic E-state index is 13.1. The Hall–Kier alpha value is -2.93. The number of hydrogen-bond donors (Lipinski definition) is 0. The van der Waals surface area contributed by atoms with E-state index in [9.17, 15) is 9.18 Å². The van der Waals surface area contributed by atoms with E-state index in [0.717, 1.165) is 21.8 Å². The number of carbonyl (C=O) groups is 1. The summed E-state index contributed by atoms with van der Waals surface area (Å²) in [7, 11) is 0. The number of fused-ring (bicyclic) bond motifs is 1. The highest BCUT2D eigenvalue weighted by molar-refractivity contribution is 7.09. The fourth-order valence-corrected chi connectivity index (χ4v) is 3.43. The number of carbonyl (C=O) groups excluding carboxylic acids is 1. The second-order valence-electron chi connectivity index (χ2n) is 5.65. The third-order valence-electron chi connectivity index (χ3n) is 3.83. The minimum absolute atomic E-state index is 0.0533. The Morgan fingerprint density at radius 1 is 1.28 bits per heavy atom. The van der Waals surface area contributed by atoms with Crippen LogP contribution in [0.5, 0.6) is 0 Å². The summed E-state index contributed by atoms with van der Waals surface area (Å²) in [5, 5.41) is 2.70. The highest BCUT2D eigenvalue weighted by Crippen LogP contribution is 2.24. The summed E-state index contributed by atoms with van der Waals surface area (Å²) < 4.78 is 14.9. The van der Waals surface area contributed by atoms with Crippen LogP contribution in [0.3, 0.4) is 0 Å². The summed E-state index contributed by atoms with van der Waals surface area (Å²) in [5.41, 5.74) is 3.52. The molecule has 0 saturated carbocycles. The van der Waals surface area contributed by atoms with Crippen LogP contribution in [0.4, 0.5) is 4.39 Å². The van der Waals surface area contributed by atoms with E-state index in [1.807, 2.05) is 18.5 Å². The van der Waals surface area contributed by atoms with Crippen LogP contribution in [0, 0.1) is 12.9 Å². The number of aryl methyl sites for hydroxylation is 1. The van der Waals surface area contributed by atoms with Crippen LogP contribution in [0.25, 0.3) is 16.8 Å². The number of imidazole rings is 1. The van der Waals surface area contributed by atoms with Crippen molar-refractivity contribution in [2.45, 2.75) is 13.3 Å². The van der Waals surface area contributed by atoms with E-state index in [-0.39, 0.29) is 12.2 Å². The number of ketones is 1. The molecule has 7 heteroatoms. The lowest BCUT2D eigenvalue weighted by Crippen LogP contribution is -2.07. The highest BCUT2D eigenvalue weighted by Gasteiger charge is 2.16. The van der Waals surface area contributed by atoms with Gasteiger partial charge in [0.1, 0.15) is 10.7 Å². The first kappa shape index (κ1) is 15.6. The predicted octanol–water partition coefficient (Wildman–Crippen LogP) is 3.73. The highest BCUT2D eigenvalue weighted by atomic mass is 32.1. The number of thiazole rings is 1. The number of Topliss-reactive ketones (excluding diaryl/α,β-unsaturated/α-hetero) is 1. The molecule has 4 heterocycles. The molecule has 25 heavy (non-hydrogen) atoms. The summed E-state index contributed by atoms with van der Waals surface area (Å²) >= 11 is 1.47. The van der Waals surface area contributed by atoms with Crippen molar-refractivity contribution in [1.29, 1.82) is 0 Å². The van der Waals surface area contributed by atoms with Gasteiger partial charge in [0.15, 0.2) is 5.78 Å². The van der Waals surface area contributed by atoms with Gasteiger partial charge >= 0.3 is 0 Å². The number of aromatic nitrogens is 4. The first-order chi connectivity index (χ1) is 12.1. The molecule has 0 spiro atoms.